The molecule has 1 aromatic heterocycles. The summed E-state index contributed by atoms with van der Waals surface area (Å²) in [6.45, 7) is 1.89. The van der Waals surface area contributed by atoms with Crippen molar-refractivity contribution in [2.24, 2.45) is 5.73 Å². The third-order valence-electron chi connectivity index (χ3n) is 1.54. The van der Waals surface area contributed by atoms with Crippen molar-refractivity contribution in [2.75, 3.05) is 5.32 Å². The number of amides is 1. The van der Waals surface area contributed by atoms with Crippen LogP contribution < -0.4 is 11.1 Å². The van der Waals surface area contributed by atoms with Gasteiger partial charge in [-0.15, -0.1) is 11.3 Å². The number of carbonyl (C=O) groups excluding carboxylic acids is 1. The lowest BCUT2D eigenvalue weighted by Crippen LogP contribution is -2.34. The molecule has 1 atom stereocenters. The Morgan fingerprint density at radius 1 is 1.83 bits per heavy atom. The highest BCUT2D eigenvalue weighted by Gasteiger charge is 2.10. The van der Waals surface area contributed by atoms with E-state index in [1.165, 1.54) is 11.3 Å². The molecule has 4 heteroatoms. The Hall–Kier alpha value is -0.870. The normalized spacial score (nSPS) is 12.5. The van der Waals surface area contributed by atoms with Crippen molar-refractivity contribution < 1.29 is 4.79 Å². The molecule has 0 aliphatic heterocycles. The largest absolute Gasteiger partial charge is 0.320 e. The van der Waals surface area contributed by atoms with E-state index in [0.29, 0.717) is 6.42 Å². The molecule has 0 saturated carbocycles. The highest BCUT2D eigenvalue weighted by atomic mass is 32.1. The smallest absolute Gasteiger partial charge is 0.241 e. The van der Waals surface area contributed by atoms with Crippen LogP contribution >= 0.6 is 11.3 Å². The number of thiophene rings is 1. The maximum Gasteiger partial charge on any atom is 0.241 e. The lowest BCUT2D eigenvalue weighted by atomic mass is 10.2. The van der Waals surface area contributed by atoms with Gasteiger partial charge in [0.05, 0.1) is 11.0 Å². The van der Waals surface area contributed by atoms with Crippen LogP contribution in [0.25, 0.3) is 0 Å². The molecule has 0 radical (unpaired) electrons. The first kappa shape index (κ1) is 9.22. The van der Waals surface area contributed by atoms with Crippen LogP contribution in [0.4, 0.5) is 5.00 Å². The second-order valence-corrected chi connectivity index (χ2v) is 3.43. The van der Waals surface area contributed by atoms with E-state index in [1.54, 1.807) is 0 Å². The Bertz CT molecular complexity index is 246. The van der Waals surface area contributed by atoms with Crippen molar-refractivity contribution in [3.63, 3.8) is 0 Å². The molecule has 0 fully saturated rings. The Morgan fingerprint density at radius 3 is 3.08 bits per heavy atom. The minimum atomic E-state index is -0.396. The Kier molecular flexibility index (Phi) is 3.25. The molecule has 1 heterocycles. The predicted octanol–water partition coefficient (Wildman–Crippen LogP) is 1.42. The van der Waals surface area contributed by atoms with Gasteiger partial charge in [-0.3, -0.25) is 4.79 Å². The number of anilines is 1. The van der Waals surface area contributed by atoms with Crippen LogP contribution in [0.1, 0.15) is 13.3 Å². The quantitative estimate of drug-likeness (QED) is 0.746. The van der Waals surface area contributed by atoms with Crippen LogP contribution in [-0.2, 0) is 4.79 Å². The summed E-state index contributed by atoms with van der Waals surface area (Å²) in [4.78, 5) is 11.2. The van der Waals surface area contributed by atoms with Crippen LogP contribution in [0.5, 0.6) is 0 Å². The van der Waals surface area contributed by atoms with Gasteiger partial charge >= 0.3 is 0 Å². The second kappa shape index (κ2) is 4.23. The Morgan fingerprint density at radius 2 is 2.58 bits per heavy atom. The molecule has 0 aliphatic rings. The molecule has 0 spiro atoms. The average molecular weight is 184 g/mol. The van der Waals surface area contributed by atoms with E-state index in [9.17, 15) is 4.79 Å². The van der Waals surface area contributed by atoms with E-state index >= 15 is 0 Å². The molecule has 3 nitrogen and oxygen atoms in total. The van der Waals surface area contributed by atoms with Gasteiger partial charge in [0, 0.05) is 0 Å². The van der Waals surface area contributed by atoms with Gasteiger partial charge in [0.1, 0.15) is 0 Å². The van der Waals surface area contributed by atoms with Crippen LogP contribution in [0.3, 0.4) is 0 Å². The fraction of sp³-hybridized carbons (Fsp3) is 0.375. The monoisotopic (exact) mass is 184 g/mol. The summed E-state index contributed by atoms with van der Waals surface area (Å²) in [5.74, 6) is -0.111. The summed E-state index contributed by atoms with van der Waals surface area (Å²) in [5, 5.41) is 5.49. The summed E-state index contributed by atoms with van der Waals surface area (Å²) in [6, 6.07) is 3.34. The van der Waals surface area contributed by atoms with Crippen molar-refractivity contribution in [3.05, 3.63) is 17.5 Å². The number of rotatable bonds is 3. The number of carbonyl (C=O) groups is 1. The summed E-state index contributed by atoms with van der Waals surface area (Å²) in [7, 11) is 0. The molecule has 3 N–H and O–H groups in total. The molecular weight excluding hydrogens is 172 g/mol. The molecule has 0 bridgehead atoms. The summed E-state index contributed by atoms with van der Waals surface area (Å²) >= 11 is 1.49. The molecule has 1 amide bonds. The molecule has 0 aromatic carbocycles. The van der Waals surface area contributed by atoms with Gasteiger partial charge in [0.25, 0.3) is 0 Å². The summed E-state index contributed by atoms with van der Waals surface area (Å²) in [5.41, 5.74) is 5.53. The molecule has 12 heavy (non-hydrogen) atoms. The van der Waals surface area contributed by atoms with E-state index in [-0.39, 0.29) is 5.91 Å². The van der Waals surface area contributed by atoms with Crippen molar-refractivity contribution >= 4 is 22.2 Å². The number of hydrogen-bond acceptors (Lipinski definition) is 3. The van der Waals surface area contributed by atoms with Crippen LogP contribution in [-0.4, -0.2) is 11.9 Å². The first-order valence-electron chi connectivity index (χ1n) is 3.84. The number of nitrogens with two attached hydrogens (primary N) is 1. The molecule has 1 rings (SSSR count). The highest BCUT2D eigenvalue weighted by molar-refractivity contribution is 7.14. The number of nitrogens with one attached hydrogen (secondary N) is 1. The molecule has 0 aliphatic carbocycles. The zero-order valence-corrected chi connectivity index (χ0v) is 7.73. The summed E-state index contributed by atoms with van der Waals surface area (Å²) in [6.07, 6.45) is 0.664. The van der Waals surface area contributed by atoms with Crippen molar-refractivity contribution in [2.45, 2.75) is 19.4 Å². The minimum Gasteiger partial charge on any atom is -0.320 e. The van der Waals surface area contributed by atoms with Crippen molar-refractivity contribution in [3.8, 4) is 0 Å². The SMILES string of the molecule is CCC(N)C(=O)Nc1cccs1. The van der Waals surface area contributed by atoms with E-state index in [1.807, 2.05) is 24.4 Å². The molecule has 66 valence electrons. The van der Waals surface area contributed by atoms with Crippen LogP contribution in [0.2, 0.25) is 0 Å². The maximum absolute atomic E-state index is 11.2. The van der Waals surface area contributed by atoms with Crippen molar-refractivity contribution in [1.82, 2.24) is 0 Å². The van der Waals surface area contributed by atoms with Gasteiger partial charge in [-0.1, -0.05) is 6.92 Å². The summed E-state index contributed by atoms with van der Waals surface area (Å²) < 4.78 is 0. The highest BCUT2D eigenvalue weighted by Crippen LogP contribution is 2.14. The fourth-order valence-electron chi connectivity index (χ4n) is 0.749. The molecule has 1 unspecified atom stereocenters. The standard InChI is InChI=1S/C8H12N2OS/c1-2-6(9)8(11)10-7-4-3-5-12-7/h3-6H,2,9H2,1H3,(H,10,11). The molecule has 0 saturated heterocycles. The lowest BCUT2D eigenvalue weighted by Gasteiger charge is -2.07. The van der Waals surface area contributed by atoms with E-state index in [2.05, 4.69) is 5.32 Å². The maximum atomic E-state index is 11.2. The molecule has 1 aromatic rings. The fourth-order valence-corrected chi connectivity index (χ4v) is 1.37. The third-order valence-corrected chi connectivity index (χ3v) is 2.33. The third kappa shape index (κ3) is 2.32. The van der Waals surface area contributed by atoms with Crippen LogP contribution in [0, 0.1) is 0 Å². The minimum absolute atomic E-state index is 0.111. The van der Waals surface area contributed by atoms with Gasteiger partial charge < -0.3 is 11.1 Å². The van der Waals surface area contributed by atoms with E-state index in [4.69, 9.17) is 5.73 Å². The zero-order chi connectivity index (χ0) is 8.97. The van der Waals surface area contributed by atoms with Gasteiger partial charge in [0.15, 0.2) is 0 Å². The van der Waals surface area contributed by atoms with Crippen LogP contribution in [0.15, 0.2) is 17.5 Å². The Labute approximate surface area is 75.6 Å². The number of hydrogen-bond donors (Lipinski definition) is 2. The first-order chi connectivity index (χ1) is 5.74. The first-order valence-corrected chi connectivity index (χ1v) is 4.72. The lowest BCUT2D eigenvalue weighted by molar-refractivity contribution is -0.117. The molecular formula is C8H12N2OS. The van der Waals surface area contributed by atoms with Gasteiger partial charge in [-0.25, -0.2) is 0 Å². The second-order valence-electron chi connectivity index (χ2n) is 2.48. The Balaban J connectivity index is 2.47. The van der Waals surface area contributed by atoms with Gasteiger partial charge in [-0.2, -0.15) is 0 Å². The average Bonchev–Trinajstić information content (AvgIpc) is 2.55. The predicted molar refractivity (Wildman–Crippen MR) is 51.2 cm³/mol. The van der Waals surface area contributed by atoms with Gasteiger partial charge in [-0.05, 0) is 23.9 Å². The van der Waals surface area contributed by atoms with E-state index in [0.717, 1.165) is 5.00 Å². The zero-order valence-electron chi connectivity index (χ0n) is 6.91. The van der Waals surface area contributed by atoms with Crippen molar-refractivity contribution in [1.29, 1.82) is 0 Å². The topological polar surface area (TPSA) is 55.1 Å². The van der Waals surface area contributed by atoms with Gasteiger partial charge in [0.2, 0.25) is 5.91 Å². The van der Waals surface area contributed by atoms with E-state index < -0.39 is 6.04 Å².